The molecule has 3 rings (SSSR count). The Labute approximate surface area is 185 Å². The molecule has 0 atom stereocenters. The van der Waals surface area contributed by atoms with E-state index in [9.17, 15) is 18.0 Å². The van der Waals surface area contributed by atoms with Gasteiger partial charge in [-0.15, -0.1) is 0 Å². The van der Waals surface area contributed by atoms with Gasteiger partial charge in [-0.05, 0) is 42.8 Å². The highest BCUT2D eigenvalue weighted by Gasteiger charge is 2.22. The molecular weight excluding hydrogens is 432 g/mol. The van der Waals surface area contributed by atoms with Gasteiger partial charge in [0, 0.05) is 11.6 Å². The van der Waals surface area contributed by atoms with Crippen molar-refractivity contribution in [2.24, 2.45) is 5.73 Å². The molecule has 9 nitrogen and oxygen atoms in total. The van der Waals surface area contributed by atoms with Crippen LogP contribution in [-0.2, 0) is 14.8 Å². The van der Waals surface area contributed by atoms with Crippen LogP contribution in [0.15, 0.2) is 66.9 Å². The third-order valence-corrected chi connectivity index (χ3v) is 5.56. The maximum atomic E-state index is 12.5. The van der Waals surface area contributed by atoms with Gasteiger partial charge >= 0.3 is 0 Å². The molecule has 0 aliphatic rings. The average molecular weight is 455 g/mol. The molecule has 166 valence electrons. The molecule has 0 saturated carbocycles. The highest BCUT2D eigenvalue weighted by Crippen LogP contribution is 2.23. The molecule has 1 aromatic heterocycles. The Kier molecular flexibility index (Phi) is 6.74. The number of anilines is 2. The van der Waals surface area contributed by atoms with E-state index >= 15 is 0 Å². The van der Waals surface area contributed by atoms with E-state index in [1.165, 1.54) is 18.3 Å². The second-order valence-corrected chi connectivity index (χ2v) is 8.89. The van der Waals surface area contributed by atoms with E-state index in [4.69, 9.17) is 10.5 Å². The molecule has 32 heavy (non-hydrogen) atoms. The minimum absolute atomic E-state index is 0.238. The van der Waals surface area contributed by atoms with Crippen molar-refractivity contribution < 1.29 is 22.7 Å². The van der Waals surface area contributed by atoms with Crippen molar-refractivity contribution in [1.29, 1.82) is 0 Å². The first-order chi connectivity index (χ1) is 15.1. The molecule has 3 N–H and O–H groups in total. The smallest absolute Gasteiger partial charge is 0.248 e. The summed E-state index contributed by atoms with van der Waals surface area (Å²) in [5.74, 6) is -0.478. The molecule has 0 unspecified atom stereocenters. The number of nitrogens with one attached hydrogen (secondary N) is 1. The van der Waals surface area contributed by atoms with Gasteiger partial charge in [-0.2, -0.15) is 0 Å². The van der Waals surface area contributed by atoms with E-state index in [0.717, 1.165) is 16.1 Å². The van der Waals surface area contributed by atoms with Crippen LogP contribution in [0.1, 0.15) is 15.9 Å². The largest absolute Gasteiger partial charge is 0.439 e. The predicted octanol–water partition coefficient (Wildman–Crippen LogP) is 2.69. The summed E-state index contributed by atoms with van der Waals surface area (Å²) >= 11 is 0. The monoisotopic (exact) mass is 454 g/mol. The maximum Gasteiger partial charge on any atom is 0.248 e. The predicted molar refractivity (Wildman–Crippen MR) is 121 cm³/mol. The maximum absolute atomic E-state index is 12.5. The summed E-state index contributed by atoms with van der Waals surface area (Å²) in [7, 11) is -3.67. The molecule has 0 aliphatic heterocycles. The number of hydrogen-bond donors (Lipinski definition) is 2. The summed E-state index contributed by atoms with van der Waals surface area (Å²) in [5.41, 5.74) is 7.09. The van der Waals surface area contributed by atoms with Gasteiger partial charge in [0.2, 0.25) is 27.7 Å². The van der Waals surface area contributed by atoms with Gasteiger partial charge < -0.3 is 15.8 Å². The molecule has 3 aromatic rings. The lowest BCUT2D eigenvalue weighted by atomic mass is 10.2. The summed E-state index contributed by atoms with van der Waals surface area (Å²) in [4.78, 5) is 27.9. The zero-order valence-electron chi connectivity index (χ0n) is 17.5. The van der Waals surface area contributed by atoms with Crippen LogP contribution in [-0.4, -0.2) is 38.0 Å². The molecule has 10 heteroatoms. The van der Waals surface area contributed by atoms with Crippen molar-refractivity contribution in [2.75, 3.05) is 22.4 Å². The number of ether oxygens (including phenoxy) is 1. The lowest BCUT2D eigenvalue weighted by Crippen LogP contribution is -2.37. The molecule has 0 saturated heterocycles. The van der Waals surface area contributed by atoms with E-state index in [0.29, 0.717) is 22.7 Å². The van der Waals surface area contributed by atoms with Crippen LogP contribution >= 0.6 is 0 Å². The van der Waals surface area contributed by atoms with Gasteiger partial charge in [0.25, 0.3) is 0 Å². The Hall–Kier alpha value is -3.92. The number of hydrogen-bond acceptors (Lipinski definition) is 6. The SMILES string of the molecule is Cc1ccccc1N(CC(=O)Nc1ccc(Oc2cccc(C(N)=O)c2)nc1)S(C)(=O)=O. The van der Waals surface area contributed by atoms with Gasteiger partial charge in [0.05, 0.1) is 23.8 Å². The molecule has 0 fully saturated rings. The molecule has 2 aromatic carbocycles. The highest BCUT2D eigenvalue weighted by molar-refractivity contribution is 7.92. The van der Waals surface area contributed by atoms with E-state index in [1.807, 2.05) is 0 Å². The molecule has 2 amide bonds. The number of carbonyl (C=O) groups excluding carboxylic acids is 2. The molecule has 0 bridgehead atoms. The second kappa shape index (κ2) is 9.48. The number of primary amides is 1. The fourth-order valence-corrected chi connectivity index (χ4v) is 3.82. The van der Waals surface area contributed by atoms with Gasteiger partial charge in [-0.25, -0.2) is 13.4 Å². The Morgan fingerprint density at radius 3 is 2.47 bits per heavy atom. The summed E-state index contributed by atoms with van der Waals surface area (Å²) < 4.78 is 31.1. The summed E-state index contributed by atoms with van der Waals surface area (Å²) in [6.45, 7) is 1.38. The standard InChI is InChI=1S/C22H22N4O5S/c1-15-6-3-4-9-19(15)26(32(2,29)30)14-20(27)25-17-10-11-21(24-13-17)31-18-8-5-7-16(12-18)22(23)28/h3-13H,14H2,1-2H3,(H2,23,28)(H,25,27). The van der Waals surface area contributed by atoms with Crippen molar-refractivity contribution in [1.82, 2.24) is 4.98 Å². The number of rotatable bonds is 8. The van der Waals surface area contributed by atoms with Crippen LogP contribution in [0.2, 0.25) is 0 Å². The number of aromatic nitrogens is 1. The van der Waals surface area contributed by atoms with E-state index in [1.54, 1.807) is 55.5 Å². The van der Waals surface area contributed by atoms with Crippen LogP contribution in [0.3, 0.4) is 0 Å². The highest BCUT2D eigenvalue weighted by atomic mass is 32.2. The summed E-state index contributed by atoms with van der Waals surface area (Å²) in [6, 6.07) is 16.3. The van der Waals surface area contributed by atoms with E-state index in [-0.39, 0.29) is 12.4 Å². The third-order valence-electron chi connectivity index (χ3n) is 4.43. The minimum atomic E-state index is -3.67. The molecule has 0 aliphatic carbocycles. The van der Waals surface area contributed by atoms with Crippen LogP contribution < -0.4 is 20.1 Å². The molecule has 0 spiro atoms. The van der Waals surface area contributed by atoms with Crippen LogP contribution in [0.4, 0.5) is 11.4 Å². The molecule has 1 heterocycles. The average Bonchev–Trinajstić information content (AvgIpc) is 2.73. The Bertz CT molecular complexity index is 1240. The fraction of sp³-hybridized carbons (Fsp3) is 0.136. The van der Waals surface area contributed by atoms with Crippen LogP contribution in [0, 0.1) is 6.92 Å². The van der Waals surface area contributed by atoms with Gasteiger partial charge in [-0.1, -0.05) is 24.3 Å². The zero-order valence-corrected chi connectivity index (χ0v) is 18.3. The lowest BCUT2D eigenvalue weighted by molar-refractivity contribution is -0.114. The first-order valence-electron chi connectivity index (χ1n) is 9.50. The first-order valence-corrected chi connectivity index (χ1v) is 11.4. The third kappa shape index (κ3) is 5.82. The number of nitrogens with two attached hydrogens (primary N) is 1. The lowest BCUT2D eigenvalue weighted by Gasteiger charge is -2.23. The number of sulfonamides is 1. The summed E-state index contributed by atoms with van der Waals surface area (Å²) in [6.07, 6.45) is 2.43. The molecular formula is C22H22N4O5S. The van der Waals surface area contributed by atoms with Gasteiger partial charge in [0.15, 0.2) is 0 Å². The van der Waals surface area contributed by atoms with Crippen LogP contribution in [0.25, 0.3) is 0 Å². The van der Waals surface area contributed by atoms with Crippen LogP contribution in [0.5, 0.6) is 11.6 Å². The van der Waals surface area contributed by atoms with Gasteiger partial charge in [-0.3, -0.25) is 13.9 Å². The number of aryl methyl sites for hydroxylation is 1. The number of para-hydroxylation sites is 1. The van der Waals surface area contributed by atoms with Crippen molar-refractivity contribution in [3.8, 4) is 11.6 Å². The summed E-state index contributed by atoms with van der Waals surface area (Å²) in [5, 5.41) is 2.62. The quantitative estimate of drug-likeness (QED) is 0.538. The Morgan fingerprint density at radius 2 is 1.84 bits per heavy atom. The fourth-order valence-electron chi connectivity index (χ4n) is 2.90. The topological polar surface area (TPSA) is 132 Å². The number of nitrogens with zero attached hydrogens (tertiary/aromatic N) is 2. The number of benzene rings is 2. The van der Waals surface area contributed by atoms with Crippen molar-refractivity contribution in [2.45, 2.75) is 6.92 Å². The molecule has 0 radical (unpaired) electrons. The van der Waals surface area contributed by atoms with Gasteiger partial charge in [0.1, 0.15) is 12.3 Å². The number of amides is 2. The first kappa shape index (κ1) is 22.8. The Morgan fingerprint density at radius 1 is 1.09 bits per heavy atom. The van der Waals surface area contributed by atoms with E-state index in [2.05, 4.69) is 10.3 Å². The number of pyridine rings is 1. The van der Waals surface area contributed by atoms with Crippen molar-refractivity contribution in [3.05, 3.63) is 78.0 Å². The Balaban J connectivity index is 1.68. The number of carbonyl (C=O) groups is 2. The van der Waals surface area contributed by atoms with E-state index < -0.39 is 21.8 Å². The minimum Gasteiger partial charge on any atom is -0.439 e. The normalized spacial score (nSPS) is 10.9. The van der Waals surface area contributed by atoms with Crippen molar-refractivity contribution in [3.63, 3.8) is 0 Å². The zero-order chi connectivity index (χ0) is 23.3. The second-order valence-electron chi connectivity index (χ2n) is 6.98. The van der Waals surface area contributed by atoms with Crippen molar-refractivity contribution >= 4 is 33.2 Å².